The van der Waals surface area contributed by atoms with E-state index >= 15 is 0 Å². The zero-order valence-electron chi connectivity index (χ0n) is 28.9. The van der Waals surface area contributed by atoms with Crippen LogP contribution in [0, 0.1) is 0 Å². The molecule has 0 aliphatic rings. The van der Waals surface area contributed by atoms with Crippen LogP contribution in [0.25, 0.3) is 111 Å². The number of aromatic nitrogens is 3. The molecule has 3 heterocycles. The normalized spacial score (nSPS) is 11.7. The van der Waals surface area contributed by atoms with Crippen molar-refractivity contribution in [1.29, 1.82) is 0 Å². The molecule has 3 aromatic heterocycles. The highest BCUT2D eigenvalue weighted by atomic mass is 16.3. The summed E-state index contributed by atoms with van der Waals surface area (Å²) in [5, 5.41) is 6.36. The maximum Gasteiger partial charge on any atom is 0.164 e. The van der Waals surface area contributed by atoms with E-state index in [0.29, 0.717) is 17.5 Å². The maximum absolute atomic E-state index is 6.29. The minimum Gasteiger partial charge on any atom is -0.456 e. The first-order chi connectivity index (χ1) is 26.8. The number of rotatable bonds is 5. The van der Waals surface area contributed by atoms with Crippen LogP contribution >= 0.6 is 0 Å². The summed E-state index contributed by atoms with van der Waals surface area (Å²) in [4.78, 5) is 15.6. The van der Waals surface area contributed by atoms with Gasteiger partial charge in [0.15, 0.2) is 17.5 Å². The molecule has 0 spiro atoms. The summed E-state index contributed by atoms with van der Waals surface area (Å²) in [6.07, 6.45) is 0. The summed E-state index contributed by atoms with van der Waals surface area (Å²) in [6, 6.07) is 60.4. The van der Waals surface area contributed by atoms with Crippen LogP contribution in [0.15, 0.2) is 185 Å². The Morgan fingerprint density at radius 3 is 1.37 bits per heavy atom. The van der Waals surface area contributed by atoms with Crippen LogP contribution in [-0.2, 0) is 0 Å². The number of nitrogens with zero attached hydrogens (tertiary/aromatic N) is 3. The molecule has 0 saturated carbocycles. The number of para-hydroxylation sites is 2. The van der Waals surface area contributed by atoms with Crippen molar-refractivity contribution >= 4 is 54.6 Å². The molecular formula is C49H29N3O2. The van der Waals surface area contributed by atoms with Gasteiger partial charge in [0.2, 0.25) is 0 Å². The van der Waals surface area contributed by atoms with Gasteiger partial charge in [-0.1, -0.05) is 146 Å². The van der Waals surface area contributed by atoms with Crippen molar-refractivity contribution in [2.75, 3.05) is 0 Å². The summed E-state index contributed by atoms with van der Waals surface area (Å²) < 4.78 is 12.6. The Kier molecular flexibility index (Phi) is 6.79. The number of furan rings is 2. The summed E-state index contributed by atoms with van der Waals surface area (Å²) in [7, 11) is 0. The van der Waals surface area contributed by atoms with Gasteiger partial charge in [-0.25, -0.2) is 15.0 Å². The molecule has 0 fully saturated rings. The third-order valence-electron chi connectivity index (χ3n) is 10.4. The summed E-state index contributed by atoms with van der Waals surface area (Å²) in [5.74, 6) is 1.78. The lowest BCUT2D eigenvalue weighted by Gasteiger charge is -2.14. The SMILES string of the molecule is c1ccc(-c2ccc(-c3nc(-c4ccc(-c5cccc6oc7ccccc7c56)c5ccccc45)nc(-c4cccc5oc6ccccc6c45)n3)cc2)cc1. The molecule has 0 saturated heterocycles. The molecule has 0 aliphatic heterocycles. The van der Waals surface area contributed by atoms with Crippen LogP contribution < -0.4 is 0 Å². The van der Waals surface area contributed by atoms with Crippen LogP contribution in [0.2, 0.25) is 0 Å². The molecule has 0 unspecified atom stereocenters. The van der Waals surface area contributed by atoms with E-state index < -0.39 is 0 Å². The average Bonchev–Trinajstić information content (AvgIpc) is 3.82. The molecule has 11 rings (SSSR count). The van der Waals surface area contributed by atoms with Gasteiger partial charge in [0.25, 0.3) is 0 Å². The predicted molar refractivity (Wildman–Crippen MR) is 219 cm³/mol. The second-order valence-corrected chi connectivity index (χ2v) is 13.5. The zero-order valence-corrected chi connectivity index (χ0v) is 28.9. The van der Waals surface area contributed by atoms with Crippen molar-refractivity contribution in [3.8, 4) is 56.4 Å². The molecule has 0 atom stereocenters. The average molecular weight is 692 g/mol. The van der Waals surface area contributed by atoms with E-state index in [0.717, 1.165) is 93.6 Å². The maximum atomic E-state index is 6.29. The molecule has 0 amide bonds. The number of hydrogen-bond acceptors (Lipinski definition) is 5. The monoisotopic (exact) mass is 691 g/mol. The number of fused-ring (bicyclic) bond motifs is 7. The molecule has 8 aromatic carbocycles. The van der Waals surface area contributed by atoms with Crippen molar-refractivity contribution in [3.05, 3.63) is 176 Å². The van der Waals surface area contributed by atoms with Gasteiger partial charge in [0.05, 0.1) is 0 Å². The van der Waals surface area contributed by atoms with Crippen LogP contribution in [0.1, 0.15) is 0 Å². The van der Waals surface area contributed by atoms with Gasteiger partial charge in [0, 0.05) is 38.2 Å². The van der Waals surface area contributed by atoms with Crippen molar-refractivity contribution in [1.82, 2.24) is 15.0 Å². The largest absolute Gasteiger partial charge is 0.456 e. The number of benzene rings is 8. The van der Waals surface area contributed by atoms with E-state index in [2.05, 4.69) is 121 Å². The summed E-state index contributed by atoms with van der Waals surface area (Å²) in [5.41, 5.74) is 10.6. The minimum atomic E-state index is 0.585. The highest BCUT2D eigenvalue weighted by molar-refractivity contribution is 6.16. The molecule has 5 heteroatoms. The van der Waals surface area contributed by atoms with E-state index in [1.54, 1.807) is 0 Å². The van der Waals surface area contributed by atoms with E-state index in [9.17, 15) is 0 Å². The van der Waals surface area contributed by atoms with Gasteiger partial charge in [-0.3, -0.25) is 0 Å². The molecular weight excluding hydrogens is 663 g/mol. The zero-order chi connectivity index (χ0) is 35.6. The Hall–Kier alpha value is -7.37. The van der Waals surface area contributed by atoms with Crippen molar-refractivity contribution in [2.24, 2.45) is 0 Å². The lowest BCUT2D eigenvalue weighted by Crippen LogP contribution is -2.01. The lowest BCUT2D eigenvalue weighted by molar-refractivity contribution is 0.668. The molecule has 0 bridgehead atoms. The molecule has 0 radical (unpaired) electrons. The first-order valence-electron chi connectivity index (χ1n) is 18.0. The minimum absolute atomic E-state index is 0.585. The van der Waals surface area contributed by atoms with E-state index in [1.807, 2.05) is 54.6 Å². The third-order valence-corrected chi connectivity index (χ3v) is 10.4. The Balaban J connectivity index is 1.14. The number of hydrogen-bond donors (Lipinski definition) is 0. The van der Waals surface area contributed by atoms with Gasteiger partial charge in [-0.05, 0) is 63.4 Å². The highest BCUT2D eigenvalue weighted by Crippen LogP contribution is 2.42. The molecule has 11 aromatic rings. The molecule has 252 valence electrons. The van der Waals surface area contributed by atoms with Crippen LogP contribution in [0.4, 0.5) is 0 Å². The fourth-order valence-corrected chi connectivity index (χ4v) is 7.88. The lowest BCUT2D eigenvalue weighted by atomic mass is 9.92. The second-order valence-electron chi connectivity index (χ2n) is 13.5. The Labute approximate surface area is 309 Å². The molecule has 5 nitrogen and oxygen atoms in total. The van der Waals surface area contributed by atoms with E-state index in [-0.39, 0.29) is 0 Å². The Morgan fingerprint density at radius 2 is 0.704 bits per heavy atom. The summed E-state index contributed by atoms with van der Waals surface area (Å²) in [6.45, 7) is 0. The highest BCUT2D eigenvalue weighted by Gasteiger charge is 2.20. The van der Waals surface area contributed by atoms with Crippen LogP contribution in [-0.4, -0.2) is 15.0 Å². The fourth-order valence-electron chi connectivity index (χ4n) is 7.88. The van der Waals surface area contributed by atoms with Crippen LogP contribution in [0.5, 0.6) is 0 Å². The molecule has 54 heavy (non-hydrogen) atoms. The second kappa shape index (κ2) is 12.1. The van der Waals surface area contributed by atoms with Crippen molar-refractivity contribution in [3.63, 3.8) is 0 Å². The quantitative estimate of drug-likeness (QED) is 0.180. The van der Waals surface area contributed by atoms with Crippen LogP contribution in [0.3, 0.4) is 0 Å². The van der Waals surface area contributed by atoms with Crippen molar-refractivity contribution in [2.45, 2.75) is 0 Å². The first-order valence-corrected chi connectivity index (χ1v) is 18.0. The van der Waals surface area contributed by atoms with E-state index in [1.165, 1.54) is 0 Å². The standard InChI is InChI=1S/C49H29N3O2/c1-2-12-30(13-3-1)31-24-26-32(27-25-31)47-50-48(52-49(51-47)40-19-11-23-44-46(40)39-17-7-9-21-42(39)54-44)37-29-28-35(33-14-4-5-15-34(33)37)36-18-10-22-43-45(36)38-16-6-8-20-41(38)53-43/h1-29H. The van der Waals surface area contributed by atoms with Gasteiger partial charge >= 0.3 is 0 Å². The van der Waals surface area contributed by atoms with Gasteiger partial charge in [0.1, 0.15) is 22.3 Å². The predicted octanol–water partition coefficient (Wildman–Crippen LogP) is 13.2. The third kappa shape index (κ3) is 4.83. The van der Waals surface area contributed by atoms with Gasteiger partial charge in [-0.15, -0.1) is 0 Å². The van der Waals surface area contributed by atoms with Crippen molar-refractivity contribution < 1.29 is 8.83 Å². The molecule has 0 N–H and O–H groups in total. The van der Waals surface area contributed by atoms with Gasteiger partial charge < -0.3 is 8.83 Å². The topological polar surface area (TPSA) is 65.0 Å². The Bertz CT molecular complexity index is 3210. The first kappa shape index (κ1) is 30.3. The van der Waals surface area contributed by atoms with E-state index in [4.69, 9.17) is 23.8 Å². The van der Waals surface area contributed by atoms with Gasteiger partial charge in [-0.2, -0.15) is 0 Å². The summed E-state index contributed by atoms with van der Waals surface area (Å²) >= 11 is 0. The smallest absolute Gasteiger partial charge is 0.164 e. The Morgan fingerprint density at radius 1 is 0.259 bits per heavy atom. The fraction of sp³-hybridized carbons (Fsp3) is 0. The molecule has 0 aliphatic carbocycles.